The van der Waals surface area contributed by atoms with Crippen molar-refractivity contribution in [3.63, 3.8) is 0 Å². The van der Waals surface area contributed by atoms with Crippen LogP contribution in [0.1, 0.15) is 16.7 Å². The predicted octanol–water partition coefficient (Wildman–Crippen LogP) is 2.86. The number of carboxylic acids is 1. The molecule has 0 unspecified atom stereocenters. The molecule has 1 aliphatic rings. The van der Waals surface area contributed by atoms with Crippen molar-refractivity contribution in [2.24, 2.45) is 0 Å². The van der Waals surface area contributed by atoms with Crippen molar-refractivity contribution in [3.8, 4) is 11.5 Å². The highest BCUT2D eigenvalue weighted by atomic mass is 16.5. The molecule has 6 nitrogen and oxygen atoms in total. The van der Waals surface area contributed by atoms with E-state index < -0.39 is 18.4 Å². The Morgan fingerprint density at radius 2 is 1.84 bits per heavy atom. The van der Waals surface area contributed by atoms with Gasteiger partial charge in [-0.05, 0) is 60.9 Å². The zero-order valence-electron chi connectivity index (χ0n) is 13.8. The van der Waals surface area contributed by atoms with E-state index in [-0.39, 0.29) is 11.5 Å². The lowest BCUT2D eigenvalue weighted by molar-refractivity contribution is -0.136. The monoisotopic (exact) mass is 339 g/mol. The van der Waals surface area contributed by atoms with Crippen molar-refractivity contribution < 1.29 is 24.5 Å². The van der Waals surface area contributed by atoms with Crippen LogP contribution in [0.25, 0.3) is 6.08 Å². The van der Waals surface area contributed by atoms with E-state index >= 15 is 0 Å². The maximum Gasteiger partial charge on any atom is 0.323 e. The van der Waals surface area contributed by atoms with Crippen LogP contribution in [-0.4, -0.2) is 28.6 Å². The first-order chi connectivity index (χ1) is 11.9. The molecule has 0 saturated carbocycles. The quantitative estimate of drug-likeness (QED) is 0.840. The molecule has 0 aromatic heterocycles. The SMILES string of the molecule is Cc1cc(C=C2Oc3ccccc3N(CC(=O)O)C2=O)cc(C)c1O. The molecule has 0 aliphatic carbocycles. The highest BCUT2D eigenvalue weighted by Crippen LogP contribution is 2.35. The van der Waals surface area contributed by atoms with Crippen molar-refractivity contribution in [1.29, 1.82) is 0 Å². The van der Waals surface area contributed by atoms with Gasteiger partial charge in [-0.2, -0.15) is 0 Å². The van der Waals surface area contributed by atoms with Crippen molar-refractivity contribution in [1.82, 2.24) is 0 Å². The van der Waals surface area contributed by atoms with E-state index in [0.717, 1.165) is 0 Å². The number of benzene rings is 2. The van der Waals surface area contributed by atoms with Crippen molar-refractivity contribution >= 4 is 23.6 Å². The number of nitrogens with zero attached hydrogens (tertiary/aromatic N) is 1. The molecule has 3 rings (SSSR count). The summed E-state index contributed by atoms with van der Waals surface area (Å²) in [5, 5.41) is 19.0. The number of aromatic hydroxyl groups is 1. The van der Waals surface area contributed by atoms with Crippen molar-refractivity contribution in [2.75, 3.05) is 11.4 Å². The fourth-order valence-corrected chi connectivity index (χ4v) is 2.78. The topological polar surface area (TPSA) is 87.1 Å². The molecule has 6 heteroatoms. The molecule has 1 amide bonds. The number of carboxylic acid groups (broad SMARTS) is 1. The molecule has 128 valence electrons. The van der Waals surface area contributed by atoms with E-state index in [9.17, 15) is 14.7 Å². The second-order valence-electron chi connectivity index (χ2n) is 5.87. The van der Waals surface area contributed by atoms with Gasteiger partial charge in [-0.25, -0.2) is 0 Å². The molecular formula is C19H17NO5. The highest BCUT2D eigenvalue weighted by molar-refractivity contribution is 6.11. The average molecular weight is 339 g/mol. The number of aliphatic carboxylic acids is 1. The molecule has 0 bridgehead atoms. The number of amides is 1. The Morgan fingerprint density at radius 3 is 2.48 bits per heavy atom. The van der Waals surface area contributed by atoms with Crippen LogP contribution in [0.4, 0.5) is 5.69 Å². The number of anilines is 1. The standard InChI is InChI=1S/C19H17NO5/c1-11-7-13(8-12(2)18(11)23)9-16-19(24)20(10-17(21)22)14-5-3-4-6-15(14)25-16/h3-9,23H,10H2,1-2H3,(H,21,22). The average Bonchev–Trinajstić information content (AvgIpc) is 2.56. The lowest BCUT2D eigenvalue weighted by Crippen LogP contribution is -2.40. The number of rotatable bonds is 3. The Kier molecular flexibility index (Phi) is 4.19. The maximum atomic E-state index is 12.7. The van der Waals surface area contributed by atoms with E-state index in [1.165, 1.54) is 4.90 Å². The van der Waals surface area contributed by atoms with Crippen LogP contribution in [0, 0.1) is 13.8 Å². The number of hydrogen-bond donors (Lipinski definition) is 2. The van der Waals surface area contributed by atoms with E-state index in [2.05, 4.69) is 0 Å². The van der Waals surface area contributed by atoms with E-state index in [4.69, 9.17) is 9.84 Å². The molecule has 0 atom stereocenters. The van der Waals surface area contributed by atoms with Crippen molar-refractivity contribution in [2.45, 2.75) is 13.8 Å². The summed E-state index contributed by atoms with van der Waals surface area (Å²) in [4.78, 5) is 25.0. The van der Waals surface area contributed by atoms with Gasteiger partial charge < -0.3 is 14.9 Å². The van der Waals surface area contributed by atoms with Crippen LogP contribution in [0.3, 0.4) is 0 Å². The fourth-order valence-electron chi connectivity index (χ4n) is 2.78. The zero-order valence-corrected chi connectivity index (χ0v) is 13.8. The fraction of sp³-hybridized carbons (Fsp3) is 0.158. The summed E-state index contributed by atoms with van der Waals surface area (Å²) >= 11 is 0. The summed E-state index contributed by atoms with van der Waals surface area (Å²) < 4.78 is 5.68. The predicted molar refractivity (Wildman–Crippen MR) is 92.6 cm³/mol. The number of phenols is 1. The Labute approximate surface area is 144 Å². The molecule has 0 fully saturated rings. The Balaban J connectivity index is 2.06. The normalized spacial score (nSPS) is 15.0. The van der Waals surface area contributed by atoms with Gasteiger partial charge in [0, 0.05) is 0 Å². The summed E-state index contributed by atoms with van der Waals surface area (Å²) in [7, 11) is 0. The Bertz CT molecular complexity index is 877. The molecule has 25 heavy (non-hydrogen) atoms. The highest BCUT2D eigenvalue weighted by Gasteiger charge is 2.31. The van der Waals surface area contributed by atoms with Crippen LogP contribution in [0.5, 0.6) is 11.5 Å². The number of aryl methyl sites for hydroxylation is 2. The van der Waals surface area contributed by atoms with Crippen LogP contribution >= 0.6 is 0 Å². The maximum absolute atomic E-state index is 12.7. The number of phenolic OH excluding ortho intramolecular Hbond substituents is 1. The number of ether oxygens (including phenoxy) is 1. The van der Waals surface area contributed by atoms with Gasteiger partial charge in [0.05, 0.1) is 5.69 Å². The molecule has 0 spiro atoms. The van der Waals surface area contributed by atoms with Gasteiger partial charge in [-0.1, -0.05) is 12.1 Å². The van der Waals surface area contributed by atoms with Crippen LogP contribution in [0.15, 0.2) is 42.2 Å². The number of carbonyl (C=O) groups excluding carboxylic acids is 1. The van der Waals surface area contributed by atoms with Gasteiger partial charge >= 0.3 is 5.97 Å². The molecular weight excluding hydrogens is 322 g/mol. The van der Waals surface area contributed by atoms with Gasteiger partial charge in [0.25, 0.3) is 5.91 Å². The third-order valence-electron chi connectivity index (χ3n) is 3.94. The number of para-hydroxylation sites is 2. The van der Waals surface area contributed by atoms with Crippen LogP contribution in [0.2, 0.25) is 0 Å². The molecule has 2 aromatic rings. The minimum absolute atomic E-state index is 0.0319. The number of carbonyl (C=O) groups is 2. The third kappa shape index (κ3) is 3.19. The van der Waals surface area contributed by atoms with Gasteiger partial charge in [0.2, 0.25) is 0 Å². The van der Waals surface area contributed by atoms with Gasteiger partial charge in [-0.15, -0.1) is 0 Å². The molecule has 2 N–H and O–H groups in total. The van der Waals surface area contributed by atoms with Crippen LogP contribution in [-0.2, 0) is 9.59 Å². The summed E-state index contributed by atoms with van der Waals surface area (Å²) in [6, 6.07) is 10.2. The molecule has 0 saturated heterocycles. The Hall–Kier alpha value is -3.28. The minimum atomic E-state index is -1.11. The van der Waals surface area contributed by atoms with Gasteiger partial charge in [0.1, 0.15) is 12.3 Å². The van der Waals surface area contributed by atoms with Crippen molar-refractivity contribution in [3.05, 3.63) is 58.8 Å². The smallest absolute Gasteiger partial charge is 0.323 e. The first-order valence-corrected chi connectivity index (χ1v) is 7.69. The lowest BCUT2D eigenvalue weighted by atomic mass is 10.0. The third-order valence-corrected chi connectivity index (χ3v) is 3.94. The molecule has 0 radical (unpaired) electrons. The largest absolute Gasteiger partial charge is 0.507 e. The second kappa shape index (κ2) is 6.32. The first-order valence-electron chi connectivity index (χ1n) is 7.69. The Morgan fingerprint density at radius 1 is 1.20 bits per heavy atom. The van der Waals surface area contributed by atoms with Crippen LogP contribution < -0.4 is 9.64 Å². The van der Waals surface area contributed by atoms with Gasteiger partial charge in [-0.3, -0.25) is 14.5 Å². The second-order valence-corrected chi connectivity index (χ2v) is 5.87. The van der Waals surface area contributed by atoms with E-state index in [0.29, 0.717) is 28.1 Å². The summed E-state index contributed by atoms with van der Waals surface area (Å²) in [6.07, 6.45) is 1.55. The summed E-state index contributed by atoms with van der Waals surface area (Å²) in [5.41, 5.74) is 2.46. The van der Waals surface area contributed by atoms with Gasteiger partial charge in [0.15, 0.2) is 11.5 Å². The summed E-state index contributed by atoms with van der Waals surface area (Å²) in [6.45, 7) is 3.07. The number of hydrogen-bond acceptors (Lipinski definition) is 4. The van der Waals surface area contributed by atoms with E-state index in [1.54, 1.807) is 56.3 Å². The van der Waals surface area contributed by atoms with E-state index in [1.807, 2.05) is 0 Å². The summed E-state index contributed by atoms with van der Waals surface area (Å²) in [5.74, 6) is -0.979. The molecule has 1 aliphatic heterocycles. The molecule has 2 aromatic carbocycles. The zero-order chi connectivity index (χ0) is 18.1. The lowest BCUT2D eigenvalue weighted by Gasteiger charge is -2.29. The first kappa shape index (κ1) is 16.6. The minimum Gasteiger partial charge on any atom is -0.507 e. The molecule has 1 heterocycles. The number of fused-ring (bicyclic) bond motifs is 1.